The van der Waals surface area contributed by atoms with E-state index in [2.05, 4.69) is 21.4 Å². The number of imidazole rings is 1. The van der Waals surface area contributed by atoms with E-state index in [0.717, 1.165) is 17.8 Å². The number of hydrogen-bond donors (Lipinski definition) is 1. The van der Waals surface area contributed by atoms with Gasteiger partial charge in [0.25, 0.3) is 0 Å². The molecule has 9 nitrogen and oxygen atoms in total. The Hall–Kier alpha value is -3.63. The first-order valence-corrected chi connectivity index (χ1v) is 13.2. The van der Waals surface area contributed by atoms with Crippen molar-refractivity contribution in [1.82, 2.24) is 19.4 Å². The van der Waals surface area contributed by atoms with Crippen LogP contribution in [0, 0.1) is 5.82 Å². The number of β-amino-alcohol motifs (C(OH)–C–C–N with tert-alkyl or cyclic N) is 1. The number of hydrogen-bond acceptors (Lipinski definition) is 7. The second-order valence-corrected chi connectivity index (χ2v) is 9.84. The van der Waals surface area contributed by atoms with Crippen LogP contribution in [-0.4, -0.2) is 82.5 Å². The molecule has 0 spiro atoms. The Morgan fingerprint density at radius 3 is 2.62 bits per heavy atom. The van der Waals surface area contributed by atoms with Gasteiger partial charge in [0.05, 0.1) is 20.2 Å². The normalized spacial score (nSPS) is 18.0. The summed E-state index contributed by atoms with van der Waals surface area (Å²) in [5, 5.41) is 11.5. The number of aromatic nitrogens is 2. The average molecular weight is 541 g/mol. The Kier molecular flexibility index (Phi) is 9.42. The van der Waals surface area contributed by atoms with Gasteiger partial charge in [0.2, 0.25) is 5.91 Å². The van der Waals surface area contributed by atoms with E-state index in [1.807, 2.05) is 24.4 Å². The van der Waals surface area contributed by atoms with Crippen LogP contribution in [0.2, 0.25) is 0 Å². The third-order valence-corrected chi connectivity index (χ3v) is 6.80. The number of nitrogens with zero attached hydrogens (tertiary/aromatic N) is 4. The second-order valence-electron chi connectivity index (χ2n) is 9.84. The second kappa shape index (κ2) is 12.9. The Morgan fingerprint density at radius 2 is 1.90 bits per heavy atom. The van der Waals surface area contributed by atoms with Gasteiger partial charge < -0.3 is 28.8 Å². The molecule has 1 aliphatic heterocycles. The molecule has 4 rings (SSSR count). The highest BCUT2D eigenvalue weighted by Crippen LogP contribution is 2.29. The molecule has 1 aromatic heterocycles. The lowest BCUT2D eigenvalue weighted by Gasteiger charge is -2.32. The Bertz CT molecular complexity index is 1230. The molecule has 0 bridgehead atoms. The summed E-state index contributed by atoms with van der Waals surface area (Å²) >= 11 is 0. The number of amides is 1. The molecule has 1 amide bonds. The number of benzene rings is 2. The quantitative estimate of drug-likeness (QED) is 0.400. The molecule has 1 aliphatic rings. The molecule has 1 N–H and O–H groups in total. The van der Waals surface area contributed by atoms with Gasteiger partial charge in [-0.2, -0.15) is 0 Å². The monoisotopic (exact) mass is 540 g/mol. The lowest BCUT2D eigenvalue weighted by atomic mass is 10.0. The first-order valence-electron chi connectivity index (χ1n) is 13.2. The van der Waals surface area contributed by atoms with E-state index in [4.69, 9.17) is 14.2 Å². The van der Waals surface area contributed by atoms with E-state index in [9.17, 15) is 14.3 Å². The van der Waals surface area contributed by atoms with Gasteiger partial charge in [-0.1, -0.05) is 13.0 Å². The van der Waals surface area contributed by atoms with Gasteiger partial charge in [-0.05, 0) is 42.0 Å². The smallest absolute Gasteiger partial charge is 0.219 e. The van der Waals surface area contributed by atoms with Crippen molar-refractivity contribution in [2.75, 3.05) is 46.5 Å². The van der Waals surface area contributed by atoms with E-state index < -0.39 is 5.60 Å². The van der Waals surface area contributed by atoms with Gasteiger partial charge in [-0.25, -0.2) is 9.37 Å². The van der Waals surface area contributed by atoms with E-state index >= 15 is 0 Å². The standard InChI is InChI=1S/C29H37FN4O5/c1-4-28-31-11-12-33(28)15-16-38-27-17-23(5-10-26(27)37-3)18-32-13-14-34(22(2)35)20-29(36,19-32)21-39-25-8-6-24(30)7-9-25/h5-12,17,36H,4,13-16,18-21H2,1-3H3/t29-/m1/s1. The third-order valence-electron chi connectivity index (χ3n) is 6.80. The van der Waals surface area contributed by atoms with Gasteiger partial charge >= 0.3 is 0 Å². The fourth-order valence-corrected chi connectivity index (χ4v) is 4.79. The van der Waals surface area contributed by atoms with Crippen LogP contribution in [0.25, 0.3) is 0 Å². The molecule has 210 valence electrons. The van der Waals surface area contributed by atoms with Crippen LogP contribution in [-0.2, 0) is 24.3 Å². The fourth-order valence-electron chi connectivity index (χ4n) is 4.79. The third kappa shape index (κ3) is 7.70. The van der Waals surface area contributed by atoms with Gasteiger partial charge in [-0.3, -0.25) is 9.69 Å². The van der Waals surface area contributed by atoms with Crippen molar-refractivity contribution in [2.24, 2.45) is 0 Å². The van der Waals surface area contributed by atoms with Crippen LogP contribution in [0.15, 0.2) is 54.9 Å². The highest BCUT2D eigenvalue weighted by Gasteiger charge is 2.37. The zero-order valence-electron chi connectivity index (χ0n) is 22.8. The topological polar surface area (TPSA) is 89.3 Å². The van der Waals surface area contributed by atoms with E-state index in [-0.39, 0.29) is 24.9 Å². The van der Waals surface area contributed by atoms with Crippen LogP contribution in [0.1, 0.15) is 25.2 Å². The summed E-state index contributed by atoms with van der Waals surface area (Å²) in [5.74, 6) is 2.27. The Balaban J connectivity index is 1.44. The van der Waals surface area contributed by atoms with Crippen LogP contribution in [0.5, 0.6) is 17.2 Å². The van der Waals surface area contributed by atoms with Crippen LogP contribution in [0.3, 0.4) is 0 Å². The van der Waals surface area contributed by atoms with Gasteiger partial charge in [0.1, 0.15) is 36.2 Å². The molecule has 0 aliphatic carbocycles. The summed E-state index contributed by atoms with van der Waals surface area (Å²) < 4.78 is 32.8. The summed E-state index contributed by atoms with van der Waals surface area (Å²) in [4.78, 5) is 20.3. The summed E-state index contributed by atoms with van der Waals surface area (Å²) in [5.41, 5.74) is -0.329. The highest BCUT2D eigenvalue weighted by atomic mass is 19.1. The zero-order chi connectivity index (χ0) is 27.8. The Labute approximate surface area is 228 Å². The molecular weight excluding hydrogens is 503 g/mol. The molecule has 1 saturated heterocycles. The van der Waals surface area contributed by atoms with E-state index in [1.54, 1.807) is 18.2 Å². The molecule has 1 atom stereocenters. The van der Waals surface area contributed by atoms with Crippen molar-refractivity contribution in [3.05, 3.63) is 72.1 Å². The maximum atomic E-state index is 13.3. The number of carbonyl (C=O) groups is 1. The molecule has 10 heteroatoms. The SMILES string of the molecule is CCc1nccn1CCOc1cc(CN2CCN(C(C)=O)C[C@@](O)(COc3ccc(F)cc3)C2)ccc1OC. The number of aryl methyl sites for hydroxylation is 1. The molecule has 0 saturated carbocycles. The van der Waals surface area contributed by atoms with Crippen molar-refractivity contribution >= 4 is 5.91 Å². The van der Waals surface area contributed by atoms with Crippen molar-refractivity contribution in [2.45, 2.75) is 39.0 Å². The van der Waals surface area contributed by atoms with Crippen molar-refractivity contribution in [1.29, 1.82) is 0 Å². The van der Waals surface area contributed by atoms with Crippen molar-refractivity contribution < 1.29 is 28.5 Å². The minimum atomic E-state index is -1.32. The van der Waals surface area contributed by atoms with Crippen LogP contribution < -0.4 is 14.2 Å². The number of rotatable bonds is 11. The summed E-state index contributed by atoms with van der Waals surface area (Å²) in [6.45, 7) is 6.70. The zero-order valence-corrected chi connectivity index (χ0v) is 22.8. The first-order chi connectivity index (χ1) is 18.8. The van der Waals surface area contributed by atoms with Crippen molar-refractivity contribution in [3.8, 4) is 17.2 Å². The van der Waals surface area contributed by atoms with Crippen molar-refractivity contribution in [3.63, 3.8) is 0 Å². The molecule has 0 radical (unpaired) electrons. The van der Waals surface area contributed by atoms with Gasteiger partial charge in [-0.15, -0.1) is 0 Å². The lowest BCUT2D eigenvalue weighted by molar-refractivity contribution is -0.132. The minimum absolute atomic E-state index is 0.0378. The highest BCUT2D eigenvalue weighted by molar-refractivity contribution is 5.73. The van der Waals surface area contributed by atoms with Gasteiger partial charge in [0, 0.05) is 51.9 Å². The van der Waals surface area contributed by atoms with Crippen LogP contribution in [0.4, 0.5) is 4.39 Å². The number of ether oxygens (including phenoxy) is 3. The molecule has 39 heavy (non-hydrogen) atoms. The lowest BCUT2D eigenvalue weighted by Crippen LogP contribution is -2.51. The van der Waals surface area contributed by atoms with E-state index in [0.29, 0.717) is 56.6 Å². The van der Waals surface area contributed by atoms with Crippen LogP contribution >= 0.6 is 0 Å². The van der Waals surface area contributed by atoms with Gasteiger partial charge in [0.15, 0.2) is 11.5 Å². The largest absolute Gasteiger partial charge is 0.493 e. The summed E-state index contributed by atoms with van der Waals surface area (Å²) in [6, 6.07) is 11.5. The van der Waals surface area contributed by atoms with E-state index in [1.165, 1.54) is 31.2 Å². The first kappa shape index (κ1) is 28.4. The molecule has 2 aromatic carbocycles. The average Bonchev–Trinajstić information content (AvgIpc) is 3.31. The minimum Gasteiger partial charge on any atom is -0.493 e. The predicted molar refractivity (Wildman–Crippen MR) is 144 cm³/mol. The molecule has 2 heterocycles. The molecule has 3 aromatic rings. The molecular formula is C29H37FN4O5. The number of aliphatic hydroxyl groups is 1. The molecule has 0 unspecified atom stereocenters. The Morgan fingerprint density at radius 1 is 1.10 bits per heavy atom. The predicted octanol–water partition coefficient (Wildman–Crippen LogP) is 3.15. The number of carbonyl (C=O) groups excluding carboxylic acids is 1. The fraction of sp³-hybridized carbons (Fsp3) is 0.448. The maximum Gasteiger partial charge on any atom is 0.219 e. The summed E-state index contributed by atoms with van der Waals surface area (Å²) in [6.07, 6.45) is 4.59. The summed E-state index contributed by atoms with van der Waals surface area (Å²) in [7, 11) is 1.61. The maximum absolute atomic E-state index is 13.3. The molecule has 1 fully saturated rings. The number of methoxy groups -OCH3 is 1. The number of halogens is 1.